The lowest BCUT2D eigenvalue weighted by atomic mass is 9.75. The summed E-state index contributed by atoms with van der Waals surface area (Å²) >= 11 is 0. The summed E-state index contributed by atoms with van der Waals surface area (Å²) in [6, 6.07) is 0. The van der Waals surface area contributed by atoms with Gasteiger partial charge in [0.05, 0.1) is 16.7 Å². The summed E-state index contributed by atoms with van der Waals surface area (Å²) in [7, 11) is 0. The number of aliphatic hydroxyl groups is 1. The molecule has 0 heterocycles. The molecule has 21 heteroatoms. The number of hydrogen-bond acceptors (Lipinski definition) is 2. The van der Waals surface area contributed by atoms with E-state index in [0.29, 0.717) is 0 Å². The topological polar surface area (TPSA) is 37.3 Å². The van der Waals surface area contributed by atoms with Crippen LogP contribution < -0.4 is 0 Å². The van der Waals surface area contributed by atoms with Crippen molar-refractivity contribution in [3.63, 3.8) is 0 Å². The first kappa shape index (κ1) is 35.0. The van der Waals surface area contributed by atoms with Gasteiger partial charge in [-0.2, -0.15) is 0 Å². The quantitative estimate of drug-likeness (QED) is 0.0756. The number of benzene rings is 4. The molecule has 4 aromatic carbocycles. The van der Waals surface area contributed by atoms with Gasteiger partial charge < -0.3 is 5.11 Å². The van der Waals surface area contributed by atoms with Gasteiger partial charge in [0.1, 0.15) is 5.56 Å². The van der Waals surface area contributed by atoms with E-state index in [0.717, 1.165) is 0 Å². The number of rotatable bonds is 5. The Morgan fingerprint density at radius 3 is 0.766 bits per heavy atom. The van der Waals surface area contributed by atoms with Crippen LogP contribution in [0.4, 0.5) is 83.4 Å². The minimum atomic E-state index is -5.92. The van der Waals surface area contributed by atoms with Crippen LogP contribution in [0.2, 0.25) is 0 Å². The summed E-state index contributed by atoms with van der Waals surface area (Å²) in [5, 5.41) is 11.3. The molecule has 4 rings (SSSR count). The third kappa shape index (κ3) is 4.60. The van der Waals surface area contributed by atoms with Crippen LogP contribution in [0, 0.1) is 111 Å². The van der Waals surface area contributed by atoms with Crippen LogP contribution in [0.5, 0.6) is 0 Å². The minimum absolute atomic E-state index is 3.05. The Balaban J connectivity index is 2.44. The molecule has 0 bridgehead atoms. The summed E-state index contributed by atoms with van der Waals surface area (Å²) in [6.07, 6.45) is 0. The van der Waals surface area contributed by atoms with Gasteiger partial charge in [0.2, 0.25) is 23.2 Å². The molecule has 0 unspecified atom stereocenters. The average molecular weight is 706 g/mol. The third-order valence-electron chi connectivity index (χ3n) is 6.44. The SMILES string of the molecule is O=C(c1c(F)c(F)c(F)c(F)c1F)c1c(F)c(F)c(F)c(F)c1C(O)(c1c(F)c(F)c(F)c(F)c1F)c1c(F)c(F)c(F)c(F)c1F. The first-order valence-electron chi connectivity index (χ1n) is 11.3. The van der Waals surface area contributed by atoms with Gasteiger partial charge in [-0.15, -0.1) is 0 Å². The Morgan fingerprint density at radius 1 is 0.298 bits per heavy atom. The van der Waals surface area contributed by atoms with Crippen LogP contribution in [0.25, 0.3) is 0 Å². The standard InChI is InChI=1S/C26HF19O2/c27-6-1(25(46)2-7(28)15(36)22(43)16(37)8(2)29)3(9(30)17(38)14(6)35)26(47,4-10(31)18(39)23(44)19(40)11(4)32)5-12(33)20(41)24(45)21(42)13(5)34/h47H. The molecule has 0 amide bonds. The molecule has 0 saturated heterocycles. The van der Waals surface area contributed by atoms with E-state index < -0.39 is 150 Å². The molecular weight excluding hydrogens is 705 g/mol. The highest BCUT2D eigenvalue weighted by atomic mass is 19.2. The van der Waals surface area contributed by atoms with E-state index in [4.69, 9.17) is 0 Å². The lowest BCUT2D eigenvalue weighted by molar-refractivity contribution is 0.0889. The van der Waals surface area contributed by atoms with Crippen molar-refractivity contribution >= 4 is 5.78 Å². The lowest BCUT2D eigenvalue weighted by Crippen LogP contribution is -2.39. The molecule has 0 radical (unpaired) electrons. The molecule has 0 aliphatic rings. The Hall–Kier alpha value is -4.82. The van der Waals surface area contributed by atoms with Crippen molar-refractivity contribution in [3.05, 3.63) is 138 Å². The second-order valence-corrected chi connectivity index (χ2v) is 8.88. The van der Waals surface area contributed by atoms with Gasteiger partial charge in [-0.3, -0.25) is 4.79 Å². The molecular formula is C26HF19O2. The molecule has 47 heavy (non-hydrogen) atoms. The molecule has 0 aliphatic carbocycles. The predicted octanol–water partition coefficient (Wildman–Crippen LogP) is 7.84. The van der Waals surface area contributed by atoms with E-state index in [-0.39, 0.29) is 0 Å². The Kier molecular flexibility index (Phi) is 8.54. The van der Waals surface area contributed by atoms with Gasteiger partial charge in [0.15, 0.2) is 98.7 Å². The van der Waals surface area contributed by atoms with Crippen molar-refractivity contribution in [2.45, 2.75) is 5.60 Å². The van der Waals surface area contributed by atoms with Crippen LogP contribution in [0.15, 0.2) is 0 Å². The highest BCUT2D eigenvalue weighted by molar-refractivity contribution is 6.11. The van der Waals surface area contributed by atoms with Crippen molar-refractivity contribution < 1.29 is 93.3 Å². The Morgan fingerprint density at radius 2 is 0.489 bits per heavy atom. The Bertz CT molecular complexity index is 1920. The molecule has 2 nitrogen and oxygen atoms in total. The van der Waals surface area contributed by atoms with Crippen molar-refractivity contribution in [3.8, 4) is 0 Å². The number of carbonyl (C=O) groups excluding carboxylic acids is 1. The van der Waals surface area contributed by atoms with Crippen LogP contribution in [0.3, 0.4) is 0 Å². The van der Waals surface area contributed by atoms with Crippen LogP contribution >= 0.6 is 0 Å². The summed E-state index contributed by atoms with van der Waals surface area (Å²) in [4.78, 5) is 13.1. The van der Waals surface area contributed by atoms with Gasteiger partial charge in [-0.05, 0) is 0 Å². The van der Waals surface area contributed by atoms with Crippen LogP contribution in [0.1, 0.15) is 32.6 Å². The normalized spacial score (nSPS) is 11.9. The highest BCUT2D eigenvalue weighted by Gasteiger charge is 2.53. The van der Waals surface area contributed by atoms with Crippen LogP contribution in [-0.2, 0) is 5.60 Å². The monoisotopic (exact) mass is 706 g/mol. The van der Waals surface area contributed by atoms with E-state index in [2.05, 4.69) is 0 Å². The fourth-order valence-corrected chi connectivity index (χ4v) is 4.33. The zero-order chi connectivity index (χ0) is 35.9. The van der Waals surface area contributed by atoms with E-state index in [1.807, 2.05) is 0 Å². The zero-order valence-electron chi connectivity index (χ0n) is 21.0. The van der Waals surface area contributed by atoms with E-state index >= 15 is 26.3 Å². The van der Waals surface area contributed by atoms with E-state index in [9.17, 15) is 67.0 Å². The highest BCUT2D eigenvalue weighted by Crippen LogP contribution is 2.48. The molecule has 0 aromatic heterocycles. The van der Waals surface area contributed by atoms with Gasteiger partial charge in [-0.1, -0.05) is 0 Å². The van der Waals surface area contributed by atoms with E-state index in [1.165, 1.54) is 0 Å². The maximum absolute atomic E-state index is 15.5. The molecule has 0 atom stereocenters. The molecule has 1 N–H and O–H groups in total. The smallest absolute Gasteiger partial charge is 0.202 e. The fraction of sp³-hybridized carbons (Fsp3) is 0.0385. The number of carbonyl (C=O) groups is 1. The second-order valence-electron chi connectivity index (χ2n) is 8.88. The minimum Gasteiger partial charge on any atom is -0.375 e. The summed E-state index contributed by atoms with van der Waals surface area (Å²) in [6.45, 7) is 0. The van der Waals surface area contributed by atoms with Crippen molar-refractivity contribution in [2.24, 2.45) is 0 Å². The van der Waals surface area contributed by atoms with Gasteiger partial charge >= 0.3 is 0 Å². The molecule has 0 aliphatic heterocycles. The van der Waals surface area contributed by atoms with E-state index in [1.54, 1.807) is 0 Å². The van der Waals surface area contributed by atoms with Gasteiger partial charge in [-0.25, -0.2) is 83.4 Å². The number of halogens is 19. The molecule has 0 saturated carbocycles. The summed E-state index contributed by atoms with van der Waals surface area (Å²) in [5.74, 6) is -68.1. The fourth-order valence-electron chi connectivity index (χ4n) is 4.33. The van der Waals surface area contributed by atoms with Gasteiger partial charge in [0, 0.05) is 5.56 Å². The number of hydrogen-bond donors (Lipinski definition) is 1. The molecule has 4 aromatic rings. The zero-order valence-corrected chi connectivity index (χ0v) is 21.0. The number of ketones is 1. The van der Waals surface area contributed by atoms with Gasteiger partial charge in [0.25, 0.3) is 0 Å². The molecule has 250 valence electrons. The first-order chi connectivity index (χ1) is 21.6. The maximum atomic E-state index is 15.5. The van der Waals surface area contributed by atoms with Crippen LogP contribution in [-0.4, -0.2) is 10.9 Å². The second kappa shape index (κ2) is 11.5. The largest absolute Gasteiger partial charge is 0.375 e. The van der Waals surface area contributed by atoms with Crippen molar-refractivity contribution in [1.29, 1.82) is 0 Å². The van der Waals surface area contributed by atoms with Crippen molar-refractivity contribution in [1.82, 2.24) is 0 Å². The third-order valence-corrected chi connectivity index (χ3v) is 6.44. The lowest BCUT2D eigenvalue weighted by Gasteiger charge is -2.33. The predicted molar refractivity (Wildman–Crippen MR) is 111 cm³/mol. The average Bonchev–Trinajstić information content (AvgIpc) is 3.03. The maximum Gasteiger partial charge on any atom is 0.202 e. The Labute approximate surface area is 243 Å². The molecule has 0 fully saturated rings. The first-order valence-corrected chi connectivity index (χ1v) is 11.3. The summed E-state index contributed by atoms with van der Waals surface area (Å²) in [5.41, 5.74) is -22.7. The summed E-state index contributed by atoms with van der Waals surface area (Å²) < 4.78 is 274. The van der Waals surface area contributed by atoms with Crippen molar-refractivity contribution in [2.75, 3.05) is 0 Å². The molecule has 0 spiro atoms.